The summed E-state index contributed by atoms with van der Waals surface area (Å²) >= 11 is 0. The van der Waals surface area contributed by atoms with Crippen LogP contribution in [0.4, 0.5) is 0 Å². The number of nitrogens with two attached hydrogens (primary N) is 1. The minimum Gasteiger partial charge on any atom is -0.342 e. The molecule has 0 aromatic heterocycles. The number of carbonyl (C=O) groups is 1. The number of likely N-dealkylation sites (N-methyl/N-ethyl adjacent to an activating group) is 1. The van der Waals surface area contributed by atoms with Crippen molar-refractivity contribution < 1.29 is 4.79 Å². The molecule has 0 spiro atoms. The molecule has 0 saturated carbocycles. The summed E-state index contributed by atoms with van der Waals surface area (Å²) in [6.07, 6.45) is 2.26. The van der Waals surface area contributed by atoms with E-state index < -0.39 is 0 Å². The topological polar surface area (TPSA) is 49.6 Å². The van der Waals surface area contributed by atoms with Crippen LogP contribution in [0.15, 0.2) is 24.3 Å². The number of likely N-dealkylation sites (tertiary alicyclic amines) is 1. The van der Waals surface area contributed by atoms with Gasteiger partial charge in [-0.1, -0.05) is 30.0 Å². The molecular weight excluding hydrogens is 262 g/mol. The van der Waals surface area contributed by atoms with Crippen LogP contribution in [0.5, 0.6) is 0 Å². The molecule has 1 aliphatic rings. The van der Waals surface area contributed by atoms with Crippen LogP contribution in [-0.4, -0.2) is 48.9 Å². The summed E-state index contributed by atoms with van der Waals surface area (Å²) in [5, 5.41) is 0. The van der Waals surface area contributed by atoms with Crippen molar-refractivity contribution in [3.8, 4) is 11.8 Å². The first-order valence-electron chi connectivity index (χ1n) is 7.44. The molecule has 1 aromatic rings. The van der Waals surface area contributed by atoms with E-state index in [2.05, 4.69) is 17.9 Å². The Labute approximate surface area is 126 Å². The lowest BCUT2D eigenvalue weighted by Crippen LogP contribution is -2.37. The van der Waals surface area contributed by atoms with E-state index in [0.29, 0.717) is 13.1 Å². The van der Waals surface area contributed by atoms with E-state index in [1.807, 2.05) is 35.0 Å². The SMILES string of the molecule is CN(CC(=O)N1CCCC1)Cc1ccccc1C#CCN. The van der Waals surface area contributed by atoms with Gasteiger partial charge >= 0.3 is 0 Å². The molecular formula is C17H23N3O. The Morgan fingerprint density at radius 1 is 1.33 bits per heavy atom. The molecule has 0 unspecified atom stereocenters. The number of carbonyl (C=O) groups excluding carboxylic acids is 1. The lowest BCUT2D eigenvalue weighted by molar-refractivity contribution is -0.131. The van der Waals surface area contributed by atoms with Gasteiger partial charge in [-0.2, -0.15) is 0 Å². The average molecular weight is 285 g/mol. The van der Waals surface area contributed by atoms with Gasteiger partial charge < -0.3 is 10.6 Å². The molecule has 1 fully saturated rings. The number of nitrogens with zero attached hydrogens (tertiary/aromatic N) is 2. The number of hydrogen-bond acceptors (Lipinski definition) is 3. The number of hydrogen-bond donors (Lipinski definition) is 1. The Bertz CT molecular complexity index is 538. The van der Waals surface area contributed by atoms with Gasteiger partial charge in [-0.3, -0.25) is 9.69 Å². The Hall–Kier alpha value is -1.83. The van der Waals surface area contributed by atoms with Crippen LogP contribution in [0, 0.1) is 11.8 Å². The highest BCUT2D eigenvalue weighted by atomic mass is 16.2. The summed E-state index contributed by atoms with van der Waals surface area (Å²) in [5.74, 6) is 6.20. The van der Waals surface area contributed by atoms with Gasteiger partial charge in [-0.15, -0.1) is 0 Å². The van der Waals surface area contributed by atoms with E-state index in [1.54, 1.807) is 0 Å². The van der Waals surface area contributed by atoms with Crippen LogP contribution in [0.25, 0.3) is 0 Å². The molecule has 2 rings (SSSR count). The van der Waals surface area contributed by atoms with Crippen LogP contribution < -0.4 is 5.73 Å². The molecule has 2 N–H and O–H groups in total. The number of amides is 1. The number of rotatable bonds is 4. The van der Waals surface area contributed by atoms with Crippen molar-refractivity contribution >= 4 is 5.91 Å². The van der Waals surface area contributed by atoms with E-state index in [1.165, 1.54) is 0 Å². The van der Waals surface area contributed by atoms with Crippen molar-refractivity contribution in [1.82, 2.24) is 9.80 Å². The van der Waals surface area contributed by atoms with Crippen molar-refractivity contribution in [1.29, 1.82) is 0 Å². The van der Waals surface area contributed by atoms with Gasteiger partial charge in [0, 0.05) is 25.2 Å². The van der Waals surface area contributed by atoms with Gasteiger partial charge in [0.1, 0.15) is 0 Å². The Balaban J connectivity index is 1.95. The Morgan fingerprint density at radius 2 is 2.05 bits per heavy atom. The molecule has 0 bridgehead atoms. The van der Waals surface area contributed by atoms with E-state index >= 15 is 0 Å². The molecule has 0 aliphatic carbocycles. The minimum absolute atomic E-state index is 0.223. The molecule has 4 heteroatoms. The van der Waals surface area contributed by atoms with E-state index in [-0.39, 0.29) is 5.91 Å². The third-order valence-corrected chi connectivity index (χ3v) is 3.65. The molecule has 1 amide bonds. The van der Waals surface area contributed by atoms with Gasteiger partial charge in [0.05, 0.1) is 13.1 Å². The largest absolute Gasteiger partial charge is 0.342 e. The molecule has 1 aliphatic heterocycles. The minimum atomic E-state index is 0.223. The van der Waals surface area contributed by atoms with Crippen LogP contribution >= 0.6 is 0 Å². The van der Waals surface area contributed by atoms with Crippen LogP contribution in [0.1, 0.15) is 24.0 Å². The summed E-state index contributed by atoms with van der Waals surface area (Å²) in [6.45, 7) is 3.35. The highest BCUT2D eigenvalue weighted by molar-refractivity contribution is 5.78. The van der Waals surface area contributed by atoms with Crippen LogP contribution in [-0.2, 0) is 11.3 Å². The first kappa shape index (κ1) is 15.6. The molecule has 21 heavy (non-hydrogen) atoms. The van der Waals surface area contributed by atoms with Gasteiger partial charge in [0.15, 0.2) is 0 Å². The maximum Gasteiger partial charge on any atom is 0.236 e. The quantitative estimate of drug-likeness (QED) is 0.841. The van der Waals surface area contributed by atoms with Gasteiger partial charge in [0.2, 0.25) is 5.91 Å². The summed E-state index contributed by atoms with van der Waals surface area (Å²) in [4.78, 5) is 16.1. The predicted molar refractivity (Wildman–Crippen MR) is 84.5 cm³/mol. The maximum absolute atomic E-state index is 12.1. The second-order valence-electron chi connectivity index (χ2n) is 5.42. The number of benzene rings is 1. The molecule has 112 valence electrons. The first-order chi connectivity index (χ1) is 10.2. The maximum atomic E-state index is 12.1. The third kappa shape index (κ3) is 4.59. The van der Waals surface area contributed by atoms with Crippen LogP contribution in [0.2, 0.25) is 0 Å². The second kappa shape index (κ2) is 7.82. The van der Waals surface area contributed by atoms with Gasteiger partial charge in [0.25, 0.3) is 0 Å². The van der Waals surface area contributed by atoms with Crippen molar-refractivity contribution in [3.63, 3.8) is 0 Å². The fraction of sp³-hybridized carbons (Fsp3) is 0.471. The normalized spacial score (nSPS) is 14.1. The highest BCUT2D eigenvalue weighted by Gasteiger charge is 2.19. The lowest BCUT2D eigenvalue weighted by Gasteiger charge is -2.21. The monoisotopic (exact) mass is 285 g/mol. The zero-order chi connectivity index (χ0) is 15.1. The summed E-state index contributed by atoms with van der Waals surface area (Å²) < 4.78 is 0. The van der Waals surface area contributed by atoms with Crippen LogP contribution in [0.3, 0.4) is 0 Å². The fourth-order valence-corrected chi connectivity index (χ4v) is 2.57. The zero-order valence-corrected chi connectivity index (χ0v) is 12.6. The van der Waals surface area contributed by atoms with E-state index in [4.69, 9.17) is 5.73 Å². The first-order valence-corrected chi connectivity index (χ1v) is 7.44. The summed E-state index contributed by atoms with van der Waals surface area (Å²) in [6, 6.07) is 8.02. The van der Waals surface area contributed by atoms with Crippen molar-refractivity contribution in [2.24, 2.45) is 5.73 Å². The fourth-order valence-electron chi connectivity index (χ4n) is 2.57. The third-order valence-electron chi connectivity index (χ3n) is 3.65. The second-order valence-corrected chi connectivity index (χ2v) is 5.42. The van der Waals surface area contributed by atoms with Gasteiger partial charge in [-0.25, -0.2) is 0 Å². The molecule has 0 radical (unpaired) electrons. The lowest BCUT2D eigenvalue weighted by atomic mass is 10.1. The molecule has 4 nitrogen and oxygen atoms in total. The molecule has 1 heterocycles. The molecule has 0 atom stereocenters. The standard InChI is InChI=1S/C17H23N3O/c1-19(14-17(21)20-11-4-5-12-20)13-16-8-3-2-7-15(16)9-6-10-18/h2-3,7-8H,4-5,10-14,18H2,1H3. The summed E-state index contributed by atoms with van der Waals surface area (Å²) in [7, 11) is 1.97. The smallest absolute Gasteiger partial charge is 0.236 e. The summed E-state index contributed by atoms with van der Waals surface area (Å²) in [5.41, 5.74) is 7.55. The molecule has 1 aromatic carbocycles. The predicted octanol–water partition coefficient (Wildman–Crippen LogP) is 1.05. The van der Waals surface area contributed by atoms with Crippen molar-refractivity contribution in [3.05, 3.63) is 35.4 Å². The highest BCUT2D eigenvalue weighted by Crippen LogP contribution is 2.11. The zero-order valence-electron chi connectivity index (χ0n) is 12.6. The molecule has 1 saturated heterocycles. The Morgan fingerprint density at radius 3 is 2.76 bits per heavy atom. The van der Waals surface area contributed by atoms with Crippen molar-refractivity contribution in [2.75, 3.05) is 33.2 Å². The van der Waals surface area contributed by atoms with Gasteiger partial charge in [-0.05, 0) is 31.5 Å². The van der Waals surface area contributed by atoms with E-state index in [9.17, 15) is 4.79 Å². The van der Waals surface area contributed by atoms with Crippen molar-refractivity contribution in [2.45, 2.75) is 19.4 Å². The Kier molecular flexibility index (Phi) is 5.79. The average Bonchev–Trinajstić information content (AvgIpc) is 3.00. The van der Waals surface area contributed by atoms with E-state index in [0.717, 1.165) is 43.6 Å².